The molecule has 0 bridgehead atoms. The van der Waals surface area contributed by atoms with Crippen LogP contribution in [0.15, 0.2) is 0 Å². The van der Waals surface area contributed by atoms with E-state index in [9.17, 15) is 14.4 Å². The Balaban J connectivity index is 4.22. The Hall–Kier alpha value is -2.27. The minimum Gasteiger partial charge on any atom is -0.445 e. The van der Waals surface area contributed by atoms with Crippen LogP contribution in [-0.2, 0) is 23.7 Å². The monoisotopic (exact) mass is 828 g/mol. The van der Waals surface area contributed by atoms with E-state index in [-0.39, 0.29) is 13.2 Å². The zero-order valence-corrected chi connectivity index (χ0v) is 38.1. The lowest BCUT2D eigenvalue weighted by Crippen LogP contribution is -2.38. The van der Waals surface area contributed by atoms with Crippen molar-refractivity contribution < 1.29 is 38.1 Å². The molecule has 0 saturated carbocycles. The summed E-state index contributed by atoms with van der Waals surface area (Å²) < 4.78 is 26.6. The van der Waals surface area contributed by atoms with Crippen LogP contribution >= 0.6 is 0 Å². The smallest absolute Gasteiger partial charge is 0.407 e. The van der Waals surface area contributed by atoms with Crippen molar-refractivity contribution in [2.75, 3.05) is 59.8 Å². The van der Waals surface area contributed by atoms with Crippen LogP contribution in [0.3, 0.4) is 0 Å². The summed E-state index contributed by atoms with van der Waals surface area (Å²) in [5, 5.41) is 8.28. The molecule has 0 aromatic heterocycles. The van der Waals surface area contributed by atoms with Gasteiger partial charge in [0.25, 0.3) is 0 Å². The van der Waals surface area contributed by atoms with Crippen LogP contribution in [0, 0.1) is 0 Å². The molecule has 11 heteroatoms. The maximum absolute atomic E-state index is 12.6. The van der Waals surface area contributed by atoms with Gasteiger partial charge in [0.2, 0.25) is 0 Å². The van der Waals surface area contributed by atoms with Crippen molar-refractivity contribution in [1.29, 1.82) is 0 Å². The number of carbonyl (C=O) groups is 3. The van der Waals surface area contributed by atoms with Crippen molar-refractivity contribution in [3.05, 3.63) is 0 Å². The van der Waals surface area contributed by atoms with Crippen molar-refractivity contribution >= 4 is 18.3 Å². The van der Waals surface area contributed by atoms with Gasteiger partial charge in [0.15, 0.2) is 6.10 Å². The van der Waals surface area contributed by atoms with Crippen LogP contribution in [0.4, 0.5) is 14.4 Å². The lowest BCUT2D eigenvalue weighted by atomic mass is 10.0. The Morgan fingerprint density at radius 2 is 0.690 bits per heavy atom. The minimum absolute atomic E-state index is 0.219. The molecule has 3 N–H and O–H groups in total. The van der Waals surface area contributed by atoms with E-state index >= 15 is 0 Å². The molecular weight excluding hydrogens is 735 g/mol. The molecule has 0 heterocycles. The first-order valence-corrected chi connectivity index (χ1v) is 24.4. The van der Waals surface area contributed by atoms with Gasteiger partial charge in [0.1, 0.15) is 13.2 Å². The maximum Gasteiger partial charge on any atom is 0.407 e. The first-order valence-electron chi connectivity index (χ1n) is 24.4. The quantitative estimate of drug-likeness (QED) is 0.0408. The Labute approximate surface area is 356 Å². The first-order chi connectivity index (χ1) is 28.5. The molecule has 1 unspecified atom stereocenters. The van der Waals surface area contributed by atoms with Gasteiger partial charge in [0.05, 0.1) is 13.2 Å². The standard InChI is InChI=1S/C47H93N3O8/c1-4-6-8-10-12-14-16-18-20-21-23-25-27-29-31-33-37-50-47(53)58-44(43-57-46(52)49-38-34-35-39-55-41-40-54-3)42-56-45(51)48-36-32-30-28-26-24-22-19-17-15-13-11-9-7-5-2/h44H,4-43H2,1-3H3,(H,48,51)(H,49,52)(H,50,53). The SMILES string of the molecule is CCCCCCCCCCCCCCCCCCNC(=O)OC(COC(=O)NCCCCCCCCCCCCCCCC)COC(=O)NCCCCOCCOC. The van der Waals surface area contributed by atoms with Crippen LogP contribution in [0.5, 0.6) is 0 Å². The lowest BCUT2D eigenvalue weighted by molar-refractivity contribution is 0.00733. The van der Waals surface area contributed by atoms with Gasteiger partial charge < -0.3 is 39.6 Å². The zero-order chi connectivity index (χ0) is 42.3. The number of amides is 3. The number of alkyl carbamates (subject to hydrolysis) is 3. The molecular formula is C47H93N3O8. The van der Waals surface area contributed by atoms with E-state index in [0.29, 0.717) is 39.5 Å². The van der Waals surface area contributed by atoms with Gasteiger partial charge in [-0.15, -0.1) is 0 Å². The van der Waals surface area contributed by atoms with Gasteiger partial charge in [-0.2, -0.15) is 0 Å². The fraction of sp³-hybridized carbons (Fsp3) is 0.936. The van der Waals surface area contributed by atoms with Gasteiger partial charge >= 0.3 is 18.3 Å². The van der Waals surface area contributed by atoms with E-state index in [1.165, 1.54) is 161 Å². The average Bonchev–Trinajstić information content (AvgIpc) is 3.22. The van der Waals surface area contributed by atoms with E-state index < -0.39 is 24.4 Å². The highest BCUT2D eigenvalue weighted by Gasteiger charge is 2.19. The number of ether oxygens (including phenoxy) is 5. The van der Waals surface area contributed by atoms with Crippen LogP contribution in [0.2, 0.25) is 0 Å². The van der Waals surface area contributed by atoms with Crippen molar-refractivity contribution in [3.8, 4) is 0 Å². The second kappa shape index (κ2) is 47.4. The third-order valence-corrected chi connectivity index (χ3v) is 10.6. The highest BCUT2D eigenvalue weighted by molar-refractivity contribution is 5.69. The van der Waals surface area contributed by atoms with E-state index in [4.69, 9.17) is 23.7 Å². The third kappa shape index (κ3) is 44.8. The summed E-state index contributed by atoms with van der Waals surface area (Å²) in [5.74, 6) is 0. The summed E-state index contributed by atoms with van der Waals surface area (Å²) in [6, 6.07) is 0. The summed E-state index contributed by atoms with van der Waals surface area (Å²) in [6.45, 7) is 7.22. The fourth-order valence-electron chi connectivity index (χ4n) is 6.89. The zero-order valence-electron chi connectivity index (χ0n) is 38.1. The maximum atomic E-state index is 12.6. The van der Waals surface area contributed by atoms with E-state index in [1.807, 2.05) is 0 Å². The van der Waals surface area contributed by atoms with Gasteiger partial charge in [-0.1, -0.05) is 194 Å². The predicted octanol–water partition coefficient (Wildman–Crippen LogP) is 12.7. The molecule has 1 atom stereocenters. The summed E-state index contributed by atoms with van der Waals surface area (Å²) in [6.07, 6.45) is 37.3. The molecule has 0 aromatic carbocycles. The molecule has 0 spiro atoms. The van der Waals surface area contributed by atoms with E-state index in [0.717, 1.165) is 44.9 Å². The van der Waals surface area contributed by atoms with Crippen molar-refractivity contribution in [2.45, 2.75) is 225 Å². The molecule has 0 saturated heterocycles. The summed E-state index contributed by atoms with van der Waals surface area (Å²) in [5.41, 5.74) is 0. The van der Waals surface area contributed by atoms with E-state index in [1.54, 1.807) is 7.11 Å². The Kier molecular flexibility index (Phi) is 45.6. The number of unbranched alkanes of at least 4 members (excludes halogenated alkanes) is 29. The Morgan fingerprint density at radius 1 is 0.379 bits per heavy atom. The Morgan fingerprint density at radius 3 is 1.03 bits per heavy atom. The number of hydrogen-bond acceptors (Lipinski definition) is 8. The number of hydrogen-bond donors (Lipinski definition) is 3. The predicted molar refractivity (Wildman–Crippen MR) is 239 cm³/mol. The normalized spacial score (nSPS) is 11.6. The van der Waals surface area contributed by atoms with Crippen LogP contribution in [0.25, 0.3) is 0 Å². The molecule has 3 amide bonds. The largest absolute Gasteiger partial charge is 0.445 e. The number of carbonyl (C=O) groups excluding carboxylic acids is 3. The molecule has 0 fully saturated rings. The molecule has 0 radical (unpaired) electrons. The highest BCUT2D eigenvalue weighted by Crippen LogP contribution is 2.15. The van der Waals surface area contributed by atoms with Crippen molar-refractivity contribution in [3.63, 3.8) is 0 Å². The molecule has 344 valence electrons. The molecule has 0 aromatic rings. The van der Waals surface area contributed by atoms with Crippen molar-refractivity contribution in [2.24, 2.45) is 0 Å². The van der Waals surface area contributed by atoms with Crippen LogP contribution in [-0.4, -0.2) is 84.2 Å². The summed E-state index contributed by atoms with van der Waals surface area (Å²) >= 11 is 0. The number of methoxy groups -OCH3 is 1. The van der Waals surface area contributed by atoms with E-state index in [2.05, 4.69) is 29.8 Å². The lowest BCUT2D eigenvalue weighted by Gasteiger charge is -2.19. The second-order valence-corrected chi connectivity index (χ2v) is 16.2. The molecule has 0 aliphatic rings. The average molecular weight is 828 g/mol. The summed E-state index contributed by atoms with van der Waals surface area (Å²) in [7, 11) is 1.63. The van der Waals surface area contributed by atoms with Gasteiger partial charge in [0, 0.05) is 33.4 Å². The van der Waals surface area contributed by atoms with Gasteiger partial charge in [-0.3, -0.25) is 0 Å². The topological polar surface area (TPSA) is 133 Å². The van der Waals surface area contributed by atoms with Crippen LogP contribution < -0.4 is 16.0 Å². The second-order valence-electron chi connectivity index (χ2n) is 16.2. The number of nitrogens with one attached hydrogen (secondary N) is 3. The molecule has 58 heavy (non-hydrogen) atoms. The molecule has 0 aliphatic heterocycles. The fourth-order valence-corrected chi connectivity index (χ4v) is 6.89. The molecule has 0 aliphatic carbocycles. The first kappa shape index (κ1) is 55.7. The van der Waals surface area contributed by atoms with Crippen LogP contribution in [0.1, 0.15) is 219 Å². The molecule has 0 rings (SSSR count). The minimum atomic E-state index is -0.933. The number of rotatable bonds is 45. The third-order valence-electron chi connectivity index (χ3n) is 10.6. The Bertz CT molecular complexity index is 881. The van der Waals surface area contributed by atoms with Gasteiger partial charge in [-0.25, -0.2) is 14.4 Å². The van der Waals surface area contributed by atoms with Gasteiger partial charge in [-0.05, 0) is 25.7 Å². The highest BCUT2D eigenvalue weighted by atomic mass is 16.6. The van der Waals surface area contributed by atoms with Crippen molar-refractivity contribution in [1.82, 2.24) is 16.0 Å². The molecule has 11 nitrogen and oxygen atoms in total. The summed E-state index contributed by atoms with van der Waals surface area (Å²) in [4.78, 5) is 37.3.